The van der Waals surface area contributed by atoms with Gasteiger partial charge < -0.3 is 23.8 Å². The smallest absolute Gasteiger partial charge is 0.419 e. The summed E-state index contributed by atoms with van der Waals surface area (Å²) in [4.78, 5) is 42.6. The van der Waals surface area contributed by atoms with Crippen LogP contribution in [0.1, 0.15) is 99.6 Å². The average Bonchev–Trinajstić information content (AvgIpc) is 2.87. The molecule has 2 amide bonds. The lowest BCUT2D eigenvalue weighted by Gasteiger charge is -2.46. The van der Waals surface area contributed by atoms with Crippen molar-refractivity contribution in [3.05, 3.63) is 29.3 Å². The van der Waals surface area contributed by atoms with E-state index in [0.29, 0.717) is 0 Å². The molecule has 1 aliphatic heterocycles. The van der Waals surface area contributed by atoms with Gasteiger partial charge in [0.05, 0.1) is 12.2 Å². The van der Waals surface area contributed by atoms with E-state index < -0.39 is 65.0 Å². The standard InChI is InChI=1S/C33H52F3N2O9P/c1-11-44-48(43)19-18-37(21-23-14-15-25(39)24(20-23)33(34,35)36)22-32(48,26(40)45-29(2,3)4)16-12-13-17-38(27(41)46-30(5,6)7)28(42)47-31(8,9)10/h14-15,20,39H,11-13,16-19,21-22H2,1-10H3. The molecule has 48 heavy (non-hydrogen) atoms. The number of aromatic hydroxyl groups is 1. The second-order valence-electron chi connectivity index (χ2n) is 15.0. The number of imide groups is 1. The van der Waals surface area contributed by atoms with Crippen molar-refractivity contribution in [2.24, 2.45) is 0 Å². The third-order valence-corrected chi connectivity index (χ3v) is 10.5. The fourth-order valence-electron chi connectivity index (χ4n) is 5.25. The highest BCUT2D eigenvalue weighted by atomic mass is 31.2. The number of unbranched alkanes of at least 4 members (excludes halogenated alkanes) is 1. The molecule has 1 aromatic carbocycles. The van der Waals surface area contributed by atoms with Crippen LogP contribution in [0.4, 0.5) is 22.8 Å². The quantitative estimate of drug-likeness (QED) is 0.111. The van der Waals surface area contributed by atoms with E-state index in [-0.39, 0.29) is 63.8 Å². The molecule has 1 aromatic rings. The zero-order valence-corrected chi connectivity index (χ0v) is 30.7. The lowest BCUT2D eigenvalue weighted by molar-refractivity contribution is -0.160. The van der Waals surface area contributed by atoms with Crippen molar-refractivity contribution < 1.29 is 56.0 Å². The monoisotopic (exact) mass is 708 g/mol. The van der Waals surface area contributed by atoms with Crippen LogP contribution in [0.2, 0.25) is 0 Å². The molecule has 0 saturated carbocycles. The molecule has 2 rings (SSSR count). The molecule has 0 spiro atoms. The minimum atomic E-state index is -4.78. The van der Waals surface area contributed by atoms with Crippen molar-refractivity contribution in [1.29, 1.82) is 0 Å². The van der Waals surface area contributed by atoms with Gasteiger partial charge in [-0.05, 0) is 106 Å². The van der Waals surface area contributed by atoms with E-state index in [1.807, 2.05) is 0 Å². The molecule has 0 aliphatic carbocycles. The number of ether oxygens (including phenoxy) is 3. The van der Waals surface area contributed by atoms with Gasteiger partial charge in [0, 0.05) is 32.3 Å². The number of carbonyl (C=O) groups excluding carboxylic acids is 3. The first kappa shape index (κ1) is 41.3. The predicted octanol–water partition coefficient (Wildman–Crippen LogP) is 7.96. The van der Waals surface area contributed by atoms with Gasteiger partial charge in [-0.1, -0.05) is 6.07 Å². The number of phenolic OH excluding ortho intramolecular Hbond substituents is 1. The highest BCUT2D eigenvalue weighted by Gasteiger charge is 2.59. The largest absolute Gasteiger partial charge is 0.507 e. The summed E-state index contributed by atoms with van der Waals surface area (Å²) in [6.45, 7) is 16.5. The Hall–Kier alpha value is -2.83. The SMILES string of the molecule is CCOP1(=O)CCN(Cc2ccc(O)c(C(F)(F)F)c2)CC1(CCCCN(C(=O)OC(C)(C)C)C(=O)OC(C)(C)C)C(=O)OC(C)(C)C. The third kappa shape index (κ3) is 11.7. The van der Waals surface area contributed by atoms with Crippen LogP contribution in [0.5, 0.6) is 5.75 Å². The van der Waals surface area contributed by atoms with E-state index in [0.717, 1.165) is 17.0 Å². The van der Waals surface area contributed by atoms with Gasteiger partial charge in [-0.3, -0.25) is 14.3 Å². The molecule has 15 heteroatoms. The summed E-state index contributed by atoms with van der Waals surface area (Å²) in [7, 11) is -3.77. The lowest BCUT2D eigenvalue weighted by Crippen LogP contribution is -2.56. The molecule has 1 heterocycles. The summed E-state index contributed by atoms with van der Waals surface area (Å²) in [5.41, 5.74) is -3.71. The van der Waals surface area contributed by atoms with E-state index in [2.05, 4.69) is 0 Å². The normalized spacial score (nSPS) is 21.0. The molecular formula is C33H52F3N2O9P. The Balaban J connectivity index is 2.45. The second-order valence-corrected chi connectivity index (χ2v) is 17.9. The molecule has 2 atom stereocenters. The van der Waals surface area contributed by atoms with Crippen molar-refractivity contribution in [2.75, 3.05) is 32.4 Å². The number of halogens is 3. The Morgan fingerprint density at radius 2 is 1.46 bits per heavy atom. The Morgan fingerprint density at radius 3 is 1.94 bits per heavy atom. The van der Waals surface area contributed by atoms with Gasteiger partial charge in [-0.2, -0.15) is 13.2 Å². The second kappa shape index (κ2) is 15.4. The molecule has 1 N–H and O–H groups in total. The summed E-state index contributed by atoms with van der Waals surface area (Å²) in [5.74, 6) is -1.67. The van der Waals surface area contributed by atoms with Crippen molar-refractivity contribution in [1.82, 2.24) is 9.80 Å². The van der Waals surface area contributed by atoms with E-state index in [1.54, 1.807) is 74.1 Å². The minimum Gasteiger partial charge on any atom is -0.507 e. The molecule has 0 aromatic heterocycles. The van der Waals surface area contributed by atoms with Crippen LogP contribution >= 0.6 is 7.37 Å². The topological polar surface area (TPSA) is 132 Å². The first-order valence-corrected chi connectivity index (χ1v) is 17.8. The number of nitrogens with zero attached hydrogens (tertiary/aromatic N) is 2. The molecule has 11 nitrogen and oxygen atoms in total. The maximum Gasteiger partial charge on any atom is 0.419 e. The molecule has 0 bridgehead atoms. The summed E-state index contributed by atoms with van der Waals surface area (Å²) >= 11 is 0. The fourth-order valence-corrected chi connectivity index (χ4v) is 8.25. The summed E-state index contributed by atoms with van der Waals surface area (Å²) < 4.78 is 77.7. The number of hydrogen-bond donors (Lipinski definition) is 1. The van der Waals surface area contributed by atoms with Crippen LogP contribution < -0.4 is 0 Å². The summed E-state index contributed by atoms with van der Waals surface area (Å²) in [5, 5.41) is 8.09. The number of amides is 2. The van der Waals surface area contributed by atoms with Crippen molar-refractivity contribution in [3.8, 4) is 5.75 Å². The van der Waals surface area contributed by atoms with Crippen LogP contribution in [0, 0.1) is 0 Å². The van der Waals surface area contributed by atoms with Crippen LogP contribution in [-0.2, 0) is 40.8 Å². The maximum atomic E-state index is 14.6. The predicted molar refractivity (Wildman–Crippen MR) is 174 cm³/mol. The molecular weight excluding hydrogens is 656 g/mol. The Morgan fingerprint density at radius 1 is 0.917 bits per heavy atom. The van der Waals surface area contributed by atoms with Crippen molar-refractivity contribution >= 4 is 25.5 Å². The number of carbonyl (C=O) groups is 3. The Kier molecular flexibility index (Phi) is 13.2. The number of phenols is 1. The van der Waals surface area contributed by atoms with Crippen LogP contribution in [0.3, 0.4) is 0 Å². The van der Waals surface area contributed by atoms with E-state index >= 15 is 0 Å². The average molecular weight is 709 g/mol. The number of alkyl halides is 3. The molecule has 0 radical (unpaired) electrons. The van der Waals surface area contributed by atoms with Gasteiger partial charge in [0.2, 0.25) is 7.37 Å². The number of rotatable bonds is 10. The van der Waals surface area contributed by atoms with Crippen molar-refractivity contribution in [2.45, 2.75) is 123 Å². The highest BCUT2D eigenvalue weighted by molar-refractivity contribution is 7.62. The van der Waals surface area contributed by atoms with Crippen LogP contribution in [0.15, 0.2) is 18.2 Å². The number of hydrogen-bond acceptors (Lipinski definition) is 10. The summed E-state index contributed by atoms with van der Waals surface area (Å²) in [6.07, 6.45) is -6.34. The molecule has 1 aliphatic rings. The van der Waals surface area contributed by atoms with Gasteiger partial charge in [-0.25, -0.2) is 14.5 Å². The van der Waals surface area contributed by atoms with Gasteiger partial charge in [0.15, 0.2) is 5.16 Å². The van der Waals surface area contributed by atoms with Gasteiger partial charge in [0.1, 0.15) is 22.6 Å². The zero-order valence-electron chi connectivity index (χ0n) is 29.8. The lowest BCUT2D eigenvalue weighted by atomic mass is 9.98. The van der Waals surface area contributed by atoms with Gasteiger partial charge >= 0.3 is 24.3 Å². The first-order valence-electron chi connectivity index (χ1n) is 16.0. The first-order chi connectivity index (χ1) is 21.7. The summed E-state index contributed by atoms with van der Waals surface area (Å²) in [6, 6.07) is 3.18. The van der Waals surface area contributed by atoms with E-state index in [1.165, 1.54) is 6.07 Å². The molecule has 274 valence electrons. The van der Waals surface area contributed by atoms with Gasteiger partial charge in [0.25, 0.3) is 0 Å². The zero-order chi connectivity index (χ0) is 36.9. The van der Waals surface area contributed by atoms with Crippen LogP contribution in [-0.4, -0.2) is 87.4 Å². The number of benzene rings is 1. The van der Waals surface area contributed by atoms with Gasteiger partial charge in [-0.15, -0.1) is 0 Å². The minimum absolute atomic E-state index is 0.0322. The van der Waals surface area contributed by atoms with Crippen LogP contribution in [0.25, 0.3) is 0 Å². The molecule has 2 unspecified atom stereocenters. The van der Waals surface area contributed by atoms with E-state index in [4.69, 9.17) is 18.7 Å². The van der Waals surface area contributed by atoms with E-state index in [9.17, 15) is 37.2 Å². The fraction of sp³-hybridized carbons (Fsp3) is 0.727. The molecule has 1 fully saturated rings. The van der Waals surface area contributed by atoms with Crippen molar-refractivity contribution in [3.63, 3.8) is 0 Å². The Bertz CT molecular complexity index is 1320. The maximum absolute atomic E-state index is 14.6. The Labute approximate surface area is 281 Å². The number of esters is 1. The molecule has 1 saturated heterocycles. The third-order valence-electron chi connectivity index (χ3n) is 7.19. The highest BCUT2D eigenvalue weighted by Crippen LogP contribution is 2.64.